The molecule has 4 rings (SSSR count). The Hall–Kier alpha value is -2.49. The van der Waals surface area contributed by atoms with Crippen molar-refractivity contribution in [2.45, 2.75) is 37.6 Å². The highest BCUT2D eigenvalue weighted by Gasteiger charge is 2.41. The summed E-state index contributed by atoms with van der Waals surface area (Å²) in [4.78, 5) is 15.3. The number of hydrogen-bond donors (Lipinski definition) is 0. The van der Waals surface area contributed by atoms with Gasteiger partial charge in [-0.2, -0.15) is 0 Å². The van der Waals surface area contributed by atoms with Gasteiger partial charge >= 0.3 is 0 Å². The molecule has 25 heavy (non-hydrogen) atoms. The van der Waals surface area contributed by atoms with E-state index in [2.05, 4.69) is 6.07 Å². The number of nitrogens with zero attached hydrogens (tertiary/aromatic N) is 1. The Balaban J connectivity index is 1.81. The van der Waals surface area contributed by atoms with Crippen LogP contribution in [0, 0.1) is 0 Å². The van der Waals surface area contributed by atoms with E-state index in [0.29, 0.717) is 5.92 Å². The fourth-order valence-electron chi connectivity index (χ4n) is 4.29. The summed E-state index contributed by atoms with van der Waals surface area (Å²) in [6.45, 7) is 0. The van der Waals surface area contributed by atoms with E-state index in [9.17, 15) is 4.79 Å². The van der Waals surface area contributed by atoms with Crippen LogP contribution in [0.15, 0.2) is 42.5 Å². The van der Waals surface area contributed by atoms with E-state index in [4.69, 9.17) is 9.47 Å². The highest BCUT2D eigenvalue weighted by molar-refractivity contribution is 6.09. The normalized spacial score (nSPS) is 22.2. The van der Waals surface area contributed by atoms with Gasteiger partial charge < -0.3 is 14.4 Å². The van der Waals surface area contributed by atoms with Crippen LogP contribution in [0.4, 0.5) is 5.69 Å². The van der Waals surface area contributed by atoms with E-state index >= 15 is 0 Å². The Morgan fingerprint density at radius 3 is 2.32 bits per heavy atom. The standard InChI is InChI=1S/C21H23NO3/c1-24-15-9-7-14(8-10-15)22-20-6-4-3-5-18(20)17-12-11-16(25-2)13-19(17)21(22)23/h7-13,18,20H,3-6H2,1-2H3. The number of benzene rings is 2. The molecule has 1 amide bonds. The second-order valence-electron chi connectivity index (χ2n) is 6.78. The zero-order valence-electron chi connectivity index (χ0n) is 14.7. The molecule has 2 unspecified atom stereocenters. The minimum absolute atomic E-state index is 0.0715. The topological polar surface area (TPSA) is 38.8 Å². The van der Waals surface area contributed by atoms with E-state index < -0.39 is 0 Å². The Bertz CT molecular complexity index is 784. The Morgan fingerprint density at radius 2 is 1.60 bits per heavy atom. The number of fused-ring (bicyclic) bond motifs is 3. The lowest BCUT2D eigenvalue weighted by atomic mass is 9.74. The van der Waals surface area contributed by atoms with E-state index in [-0.39, 0.29) is 11.9 Å². The van der Waals surface area contributed by atoms with Gasteiger partial charge in [0.1, 0.15) is 11.5 Å². The molecule has 130 valence electrons. The van der Waals surface area contributed by atoms with Crippen LogP contribution in [0.25, 0.3) is 0 Å². The number of ether oxygens (including phenoxy) is 2. The summed E-state index contributed by atoms with van der Waals surface area (Å²) >= 11 is 0. The van der Waals surface area contributed by atoms with Gasteiger partial charge in [0.2, 0.25) is 0 Å². The SMILES string of the molecule is COc1ccc(N2C(=O)c3cc(OC)ccc3C3CCCCC32)cc1. The van der Waals surface area contributed by atoms with Gasteiger partial charge in [-0.05, 0) is 54.8 Å². The van der Waals surface area contributed by atoms with Gasteiger partial charge in [-0.3, -0.25) is 4.79 Å². The third-order valence-electron chi connectivity index (χ3n) is 5.52. The molecule has 0 saturated heterocycles. The third kappa shape index (κ3) is 2.66. The molecule has 2 aromatic rings. The zero-order valence-corrected chi connectivity index (χ0v) is 14.7. The molecule has 2 aliphatic rings. The zero-order chi connectivity index (χ0) is 17.4. The van der Waals surface area contributed by atoms with Gasteiger partial charge in [-0.25, -0.2) is 0 Å². The molecule has 1 aliphatic carbocycles. The molecule has 0 bridgehead atoms. The van der Waals surface area contributed by atoms with Crippen molar-refractivity contribution in [1.29, 1.82) is 0 Å². The van der Waals surface area contributed by atoms with Crippen molar-refractivity contribution in [3.63, 3.8) is 0 Å². The van der Waals surface area contributed by atoms with Crippen LogP contribution < -0.4 is 14.4 Å². The summed E-state index contributed by atoms with van der Waals surface area (Å²) in [5.74, 6) is 2.00. The van der Waals surface area contributed by atoms with E-state index in [1.807, 2.05) is 41.3 Å². The Morgan fingerprint density at radius 1 is 0.920 bits per heavy atom. The smallest absolute Gasteiger partial charge is 0.258 e. The molecule has 4 nitrogen and oxygen atoms in total. The molecule has 1 heterocycles. The molecule has 1 aliphatic heterocycles. The summed E-state index contributed by atoms with van der Waals surface area (Å²) in [5, 5.41) is 0. The van der Waals surface area contributed by atoms with Crippen molar-refractivity contribution in [2.75, 3.05) is 19.1 Å². The number of methoxy groups -OCH3 is 2. The number of hydrogen-bond acceptors (Lipinski definition) is 3. The minimum atomic E-state index is 0.0715. The summed E-state index contributed by atoms with van der Waals surface area (Å²) in [6.07, 6.45) is 4.57. The van der Waals surface area contributed by atoms with E-state index in [1.54, 1.807) is 14.2 Å². The molecule has 2 aromatic carbocycles. The van der Waals surface area contributed by atoms with Crippen molar-refractivity contribution in [3.8, 4) is 11.5 Å². The minimum Gasteiger partial charge on any atom is -0.497 e. The Labute approximate surface area is 148 Å². The highest BCUT2D eigenvalue weighted by atomic mass is 16.5. The molecule has 0 aromatic heterocycles. The van der Waals surface area contributed by atoms with Crippen molar-refractivity contribution in [2.24, 2.45) is 0 Å². The number of anilines is 1. The van der Waals surface area contributed by atoms with Crippen LogP contribution in [0.3, 0.4) is 0 Å². The van der Waals surface area contributed by atoms with Crippen molar-refractivity contribution >= 4 is 11.6 Å². The summed E-state index contributed by atoms with van der Waals surface area (Å²) in [6, 6.07) is 14.0. The second-order valence-corrected chi connectivity index (χ2v) is 6.78. The molecular weight excluding hydrogens is 314 g/mol. The first kappa shape index (κ1) is 16.0. The highest BCUT2D eigenvalue weighted by Crippen LogP contribution is 2.44. The van der Waals surface area contributed by atoms with Crippen molar-refractivity contribution < 1.29 is 14.3 Å². The maximum Gasteiger partial charge on any atom is 0.258 e. The lowest BCUT2D eigenvalue weighted by Crippen LogP contribution is -2.49. The second kappa shape index (κ2) is 6.43. The van der Waals surface area contributed by atoms with Crippen LogP contribution in [0.1, 0.15) is 47.5 Å². The summed E-state index contributed by atoms with van der Waals surface area (Å²) < 4.78 is 10.6. The molecule has 0 spiro atoms. The average Bonchev–Trinajstić information content (AvgIpc) is 2.68. The molecule has 1 saturated carbocycles. The maximum atomic E-state index is 13.3. The first-order valence-corrected chi connectivity index (χ1v) is 8.88. The molecule has 1 fully saturated rings. The van der Waals surface area contributed by atoms with Gasteiger partial charge in [-0.15, -0.1) is 0 Å². The fraction of sp³-hybridized carbons (Fsp3) is 0.381. The molecule has 4 heteroatoms. The maximum absolute atomic E-state index is 13.3. The van der Waals surface area contributed by atoms with Crippen LogP contribution in [0.5, 0.6) is 11.5 Å². The average molecular weight is 337 g/mol. The molecule has 0 N–H and O–H groups in total. The molecule has 2 atom stereocenters. The molecular formula is C21H23NO3. The molecule has 0 radical (unpaired) electrons. The van der Waals surface area contributed by atoms with Crippen LogP contribution >= 0.6 is 0 Å². The van der Waals surface area contributed by atoms with E-state index in [0.717, 1.165) is 35.6 Å². The number of carbonyl (C=O) groups is 1. The van der Waals surface area contributed by atoms with Gasteiger partial charge in [0.15, 0.2) is 0 Å². The lowest BCUT2D eigenvalue weighted by Gasteiger charge is -2.44. The largest absolute Gasteiger partial charge is 0.497 e. The van der Waals surface area contributed by atoms with Crippen molar-refractivity contribution in [3.05, 3.63) is 53.6 Å². The summed E-state index contributed by atoms with van der Waals surface area (Å²) in [5.41, 5.74) is 2.90. The van der Waals surface area contributed by atoms with Gasteiger partial charge in [0, 0.05) is 23.2 Å². The summed E-state index contributed by atoms with van der Waals surface area (Å²) in [7, 11) is 3.29. The fourth-order valence-corrected chi connectivity index (χ4v) is 4.29. The van der Waals surface area contributed by atoms with Crippen LogP contribution in [0.2, 0.25) is 0 Å². The quantitative estimate of drug-likeness (QED) is 0.834. The monoisotopic (exact) mass is 337 g/mol. The van der Waals surface area contributed by atoms with Gasteiger partial charge in [0.05, 0.1) is 14.2 Å². The van der Waals surface area contributed by atoms with E-state index in [1.165, 1.54) is 18.4 Å². The lowest BCUT2D eigenvalue weighted by molar-refractivity contribution is 0.0950. The number of amides is 1. The first-order valence-electron chi connectivity index (χ1n) is 8.88. The number of carbonyl (C=O) groups excluding carboxylic acids is 1. The van der Waals surface area contributed by atoms with Crippen molar-refractivity contribution in [1.82, 2.24) is 0 Å². The van der Waals surface area contributed by atoms with Crippen LogP contribution in [-0.2, 0) is 0 Å². The predicted molar refractivity (Wildman–Crippen MR) is 97.8 cm³/mol. The number of rotatable bonds is 3. The predicted octanol–water partition coefficient (Wildman–Crippen LogP) is 4.39. The van der Waals surface area contributed by atoms with Crippen LogP contribution in [-0.4, -0.2) is 26.2 Å². The van der Waals surface area contributed by atoms with Gasteiger partial charge in [0.25, 0.3) is 5.91 Å². The third-order valence-corrected chi connectivity index (χ3v) is 5.52. The Kier molecular flexibility index (Phi) is 4.12. The first-order chi connectivity index (χ1) is 12.2. The van der Waals surface area contributed by atoms with Gasteiger partial charge in [-0.1, -0.05) is 18.9 Å².